The van der Waals surface area contributed by atoms with Crippen LogP contribution in [0.15, 0.2) is 73.1 Å². The van der Waals surface area contributed by atoms with Gasteiger partial charge in [-0.2, -0.15) is 0 Å². The predicted octanol–water partition coefficient (Wildman–Crippen LogP) is 3.58. The second kappa shape index (κ2) is 8.57. The summed E-state index contributed by atoms with van der Waals surface area (Å²) in [6, 6.07) is 19.1. The standard InChI is InChI=1S/C23H21N5O2/c1-16-6-3-4-9-20(16)28-22(18-10-12-24-13-11-18)21(26-27-28)23(29)25-15-17-7-5-8-19(14-17)30-2/h3-14H,15H2,1-2H3,(H,25,29). The molecular formula is C23H21N5O2. The zero-order valence-electron chi connectivity index (χ0n) is 16.7. The van der Waals surface area contributed by atoms with E-state index in [1.165, 1.54) is 0 Å². The first-order valence-electron chi connectivity index (χ1n) is 9.50. The molecule has 0 aliphatic carbocycles. The van der Waals surface area contributed by atoms with Crippen LogP contribution in [0.4, 0.5) is 0 Å². The second-order valence-electron chi connectivity index (χ2n) is 6.76. The molecule has 1 N–H and O–H groups in total. The van der Waals surface area contributed by atoms with Crippen LogP contribution in [0.25, 0.3) is 16.9 Å². The number of nitrogens with one attached hydrogen (secondary N) is 1. The van der Waals surface area contributed by atoms with E-state index in [1.807, 2.05) is 67.6 Å². The smallest absolute Gasteiger partial charge is 0.274 e. The molecule has 0 atom stereocenters. The van der Waals surface area contributed by atoms with Gasteiger partial charge in [0.2, 0.25) is 0 Å². The predicted molar refractivity (Wildman–Crippen MR) is 113 cm³/mol. The number of carbonyl (C=O) groups excluding carboxylic acids is 1. The Balaban J connectivity index is 1.69. The van der Waals surface area contributed by atoms with Crippen LogP contribution in [0.2, 0.25) is 0 Å². The van der Waals surface area contributed by atoms with E-state index < -0.39 is 0 Å². The van der Waals surface area contributed by atoms with E-state index >= 15 is 0 Å². The summed E-state index contributed by atoms with van der Waals surface area (Å²) in [7, 11) is 1.61. The molecule has 4 rings (SSSR count). The van der Waals surface area contributed by atoms with E-state index in [1.54, 1.807) is 24.2 Å². The lowest BCUT2D eigenvalue weighted by Crippen LogP contribution is -2.24. The highest BCUT2D eigenvalue weighted by atomic mass is 16.5. The summed E-state index contributed by atoms with van der Waals surface area (Å²) in [4.78, 5) is 17.1. The van der Waals surface area contributed by atoms with Gasteiger partial charge < -0.3 is 10.1 Å². The maximum atomic E-state index is 13.0. The number of hydrogen-bond donors (Lipinski definition) is 1. The Kier molecular flexibility index (Phi) is 5.52. The maximum Gasteiger partial charge on any atom is 0.274 e. The number of benzene rings is 2. The second-order valence-corrected chi connectivity index (χ2v) is 6.76. The summed E-state index contributed by atoms with van der Waals surface area (Å²) >= 11 is 0. The number of amides is 1. The molecule has 0 unspecified atom stereocenters. The van der Waals surface area contributed by atoms with Gasteiger partial charge in [0, 0.05) is 24.5 Å². The first-order valence-corrected chi connectivity index (χ1v) is 9.50. The fourth-order valence-electron chi connectivity index (χ4n) is 3.22. The quantitative estimate of drug-likeness (QED) is 0.536. The third-order valence-corrected chi connectivity index (χ3v) is 4.77. The highest BCUT2D eigenvalue weighted by Gasteiger charge is 2.22. The van der Waals surface area contributed by atoms with Crippen molar-refractivity contribution in [3.63, 3.8) is 0 Å². The van der Waals surface area contributed by atoms with Crippen molar-refractivity contribution in [3.8, 4) is 22.7 Å². The third kappa shape index (κ3) is 3.91. The van der Waals surface area contributed by atoms with Crippen molar-refractivity contribution in [3.05, 3.63) is 89.9 Å². The summed E-state index contributed by atoms with van der Waals surface area (Å²) in [5.41, 5.74) is 4.51. The molecule has 4 aromatic rings. The molecule has 2 aromatic heterocycles. The Morgan fingerprint density at radius 3 is 2.63 bits per heavy atom. The third-order valence-electron chi connectivity index (χ3n) is 4.77. The van der Waals surface area contributed by atoms with Gasteiger partial charge in [0.1, 0.15) is 11.4 Å². The average Bonchev–Trinajstić information content (AvgIpc) is 3.23. The number of carbonyl (C=O) groups is 1. The number of nitrogens with zero attached hydrogens (tertiary/aromatic N) is 4. The van der Waals surface area contributed by atoms with E-state index in [0.717, 1.165) is 28.1 Å². The number of methoxy groups -OCH3 is 1. The van der Waals surface area contributed by atoms with Crippen molar-refractivity contribution in [1.82, 2.24) is 25.3 Å². The van der Waals surface area contributed by atoms with Gasteiger partial charge in [-0.1, -0.05) is 35.5 Å². The molecule has 0 bridgehead atoms. The largest absolute Gasteiger partial charge is 0.497 e. The van der Waals surface area contributed by atoms with E-state index in [0.29, 0.717) is 12.2 Å². The highest BCUT2D eigenvalue weighted by molar-refractivity contribution is 5.98. The number of aromatic nitrogens is 4. The van der Waals surface area contributed by atoms with Gasteiger partial charge in [-0.15, -0.1) is 5.10 Å². The van der Waals surface area contributed by atoms with Gasteiger partial charge in [0.05, 0.1) is 12.8 Å². The molecule has 7 heteroatoms. The zero-order chi connectivity index (χ0) is 20.9. The molecule has 0 aliphatic heterocycles. The lowest BCUT2D eigenvalue weighted by Gasteiger charge is -2.11. The molecule has 1 amide bonds. The summed E-state index contributed by atoms with van der Waals surface area (Å²) in [6.45, 7) is 2.35. The van der Waals surface area contributed by atoms with Crippen LogP contribution in [0.3, 0.4) is 0 Å². The Labute approximate surface area is 174 Å². The molecule has 2 heterocycles. The number of ether oxygens (including phenoxy) is 1. The van der Waals surface area contributed by atoms with Crippen LogP contribution in [-0.2, 0) is 6.54 Å². The van der Waals surface area contributed by atoms with Crippen LogP contribution >= 0.6 is 0 Å². The van der Waals surface area contributed by atoms with Crippen LogP contribution in [0, 0.1) is 6.92 Å². The molecule has 7 nitrogen and oxygen atoms in total. The monoisotopic (exact) mass is 399 g/mol. The SMILES string of the molecule is COc1cccc(CNC(=O)c2nnn(-c3ccccc3C)c2-c2ccncc2)c1. The summed E-state index contributed by atoms with van der Waals surface area (Å²) < 4.78 is 6.94. The molecule has 0 radical (unpaired) electrons. The molecule has 0 fully saturated rings. The summed E-state index contributed by atoms with van der Waals surface area (Å²) in [5, 5.41) is 11.4. The fourth-order valence-corrected chi connectivity index (χ4v) is 3.22. The lowest BCUT2D eigenvalue weighted by atomic mass is 10.1. The number of aryl methyl sites for hydroxylation is 1. The van der Waals surface area contributed by atoms with Crippen molar-refractivity contribution < 1.29 is 9.53 Å². The van der Waals surface area contributed by atoms with E-state index in [-0.39, 0.29) is 11.6 Å². The highest BCUT2D eigenvalue weighted by Crippen LogP contribution is 2.26. The number of hydrogen-bond acceptors (Lipinski definition) is 5. The number of rotatable bonds is 6. The maximum absolute atomic E-state index is 13.0. The minimum atomic E-state index is -0.301. The molecular weight excluding hydrogens is 378 g/mol. The zero-order valence-corrected chi connectivity index (χ0v) is 16.7. The number of pyridine rings is 1. The van der Waals surface area contributed by atoms with E-state index in [4.69, 9.17) is 4.74 Å². The average molecular weight is 399 g/mol. The van der Waals surface area contributed by atoms with Crippen LogP contribution in [0.5, 0.6) is 5.75 Å². The first-order chi connectivity index (χ1) is 14.7. The molecule has 30 heavy (non-hydrogen) atoms. The summed E-state index contributed by atoms with van der Waals surface area (Å²) in [5.74, 6) is 0.439. The van der Waals surface area contributed by atoms with Crippen LogP contribution in [-0.4, -0.2) is 33.0 Å². The molecule has 0 spiro atoms. The fraction of sp³-hybridized carbons (Fsp3) is 0.130. The first kappa shape index (κ1) is 19.3. The van der Waals surface area contributed by atoms with Gasteiger partial charge in [0.15, 0.2) is 5.69 Å². The molecule has 150 valence electrons. The Bertz CT molecular complexity index is 1170. The minimum absolute atomic E-state index is 0.257. The normalized spacial score (nSPS) is 10.6. The van der Waals surface area contributed by atoms with Crippen molar-refractivity contribution in [2.45, 2.75) is 13.5 Å². The van der Waals surface area contributed by atoms with Crippen LogP contribution in [0.1, 0.15) is 21.6 Å². The Morgan fingerprint density at radius 2 is 1.87 bits per heavy atom. The van der Waals surface area contributed by atoms with Crippen molar-refractivity contribution in [1.29, 1.82) is 0 Å². The molecule has 2 aromatic carbocycles. The summed E-state index contributed by atoms with van der Waals surface area (Å²) in [6.07, 6.45) is 3.37. The van der Waals surface area contributed by atoms with E-state index in [2.05, 4.69) is 20.6 Å². The molecule has 0 saturated carbocycles. The van der Waals surface area contributed by atoms with Crippen LogP contribution < -0.4 is 10.1 Å². The Hall–Kier alpha value is -4.00. The molecule has 0 aliphatic rings. The van der Waals surface area contributed by atoms with E-state index in [9.17, 15) is 4.79 Å². The topological polar surface area (TPSA) is 81.9 Å². The van der Waals surface area contributed by atoms with Crippen molar-refractivity contribution >= 4 is 5.91 Å². The molecule has 0 saturated heterocycles. The lowest BCUT2D eigenvalue weighted by molar-refractivity contribution is 0.0946. The van der Waals surface area contributed by atoms with Gasteiger partial charge in [-0.25, -0.2) is 4.68 Å². The Morgan fingerprint density at radius 1 is 1.07 bits per heavy atom. The van der Waals surface area contributed by atoms with Crippen molar-refractivity contribution in [2.75, 3.05) is 7.11 Å². The van der Waals surface area contributed by atoms with Gasteiger partial charge in [-0.05, 0) is 48.4 Å². The van der Waals surface area contributed by atoms with Gasteiger partial charge in [0.25, 0.3) is 5.91 Å². The van der Waals surface area contributed by atoms with Gasteiger partial charge in [-0.3, -0.25) is 9.78 Å². The van der Waals surface area contributed by atoms with Gasteiger partial charge >= 0.3 is 0 Å². The number of para-hydroxylation sites is 1. The van der Waals surface area contributed by atoms with Crippen molar-refractivity contribution in [2.24, 2.45) is 0 Å². The minimum Gasteiger partial charge on any atom is -0.497 e.